The van der Waals surface area contributed by atoms with Crippen molar-refractivity contribution in [3.8, 4) is 5.69 Å². The van der Waals surface area contributed by atoms with Gasteiger partial charge in [-0.25, -0.2) is 13.5 Å². The van der Waals surface area contributed by atoms with E-state index in [1.165, 1.54) is 10.7 Å². The van der Waals surface area contributed by atoms with Gasteiger partial charge >= 0.3 is 0 Å². The molecule has 0 fully saturated rings. The van der Waals surface area contributed by atoms with Crippen molar-refractivity contribution in [3.05, 3.63) is 51.4 Å². The number of rotatable bonds is 3. The van der Waals surface area contributed by atoms with Gasteiger partial charge in [0.05, 0.1) is 11.3 Å². The zero-order valence-electron chi connectivity index (χ0n) is 10.1. The number of benzene rings is 1. The Morgan fingerprint density at radius 2 is 2.06 bits per heavy atom. The predicted octanol–water partition coefficient (Wildman–Crippen LogP) is 1.47. The lowest BCUT2D eigenvalue weighted by molar-refractivity contribution is 0.507. The zero-order valence-corrected chi connectivity index (χ0v) is 10.1. The van der Waals surface area contributed by atoms with Gasteiger partial charge in [-0.05, 0) is 26.1 Å². The van der Waals surface area contributed by atoms with Crippen LogP contribution < -0.4 is 10.9 Å². The molecule has 1 heterocycles. The Morgan fingerprint density at radius 3 is 2.67 bits per heavy atom. The molecule has 0 aliphatic carbocycles. The van der Waals surface area contributed by atoms with Crippen molar-refractivity contribution < 1.29 is 8.78 Å². The van der Waals surface area contributed by atoms with Crippen molar-refractivity contribution in [1.82, 2.24) is 15.1 Å². The average molecular weight is 253 g/mol. The van der Waals surface area contributed by atoms with Crippen LogP contribution in [0.1, 0.15) is 11.3 Å². The molecule has 0 atom stereocenters. The third kappa shape index (κ3) is 2.06. The minimum absolute atomic E-state index is 0.268. The van der Waals surface area contributed by atoms with Crippen molar-refractivity contribution in [2.75, 3.05) is 7.05 Å². The smallest absolute Gasteiger partial charge is 0.275 e. The van der Waals surface area contributed by atoms with Gasteiger partial charge in [0, 0.05) is 18.3 Å². The Kier molecular flexibility index (Phi) is 3.29. The van der Waals surface area contributed by atoms with Crippen LogP contribution in [0.15, 0.2) is 23.0 Å². The first-order valence-electron chi connectivity index (χ1n) is 5.45. The molecule has 96 valence electrons. The first kappa shape index (κ1) is 12.5. The maximum Gasteiger partial charge on any atom is 0.275 e. The molecule has 18 heavy (non-hydrogen) atoms. The molecule has 0 amide bonds. The van der Waals surface area contributed by atoms with Crippen LogP contribution >= 0.6 is 0 Å². The normalized spacial score (nSPS) is 10.9. The summed E-state index contributed by atoms with van der Waals surface area (Å²) in [5.41, 5.74) is 1.26. The molecule has 6 heteroatoms. The van der Waals surface area contributed by atoms with Gasteiger partial charge in [0.25, 0.3) is 5.56 Å². The first-order valence-corrected chi connectivity index (χ1v) is 5.45. The number of hydrogen-bond acceptors (Lipinski definition) is 2. The summed E-state index contributed by atoms with van der Waals surface area (Å²) in [7, 11) is 1.73. The second-order valence-electron chi connectivity index (χ2n) is 3.98. The largest absolute Gasteiger partial charge is 0.315 e. The van der Waals surface area contributed by atoms with Crippen LogP contribution in [-0.2, 0) is 6.54 Å². The quantitative estimate of drug-likeness (QED) is 0.870. The van der Waals surface area contributed by atoms with Crippen LogP contribution in [0.5, 0.6) is 0 Å². The van der Waals surface area contributed by atoms with Gasteiger partial charge in [0.15, 0.2) is 11.6 Å². The van der Waals surface area contributed by atoms with Gasteiger partial charge < -0.3 is 5.32 Å². The molecule has 0 radical (unpaired) electrons. The average Bonchev–Trinajstić information content (AvgIpc) is 2.61. The van der Waals surface area contributed by atoms with Crippen LogP contribution in [-0.4, -0.2) is 16.8 Å². The highest BCUT2D eigenvalue weighted by atomic mass is 19.2. The molecule has 0 bridgehead atoms. The van der Waals surface area contributed by atoms with Crippen LogP contribution in [0.4, 0.5) is 8.78 Å². The van der Waals surface area contributed by atoms with Gasteiger partial charge in [-0.1, -0.05) is 0 Å². The lowest BCUT2D eigenvalue weighted by atomic mass is 10.2. The number of halogens is 2. The summed E-state index contributed by atoms with van der Waals surface area (Å²) in [5.74, 6) is -1.92. The Bertz CT molecular complexity index is 631. The molecule has 0 aliphatic heterocycles. The minimum atomic E-state index is -0.984. The van der Waals surface area contributed by atoms with E-state index < -0.39 is 11.6 Å². The molecule has 2 rings (SSSR count). The van der Waals surface area contributed by atoms with Crippen molar-refractivity contribution in [1.29, 1.82) is 0 Å². The Hall–Kier alpha value is -1.95. The van der Waals surface area contributed by atoms with Crippen molar-refractivity contribution >= 4 is 0 Å². The number of nitrogens with one attached hydrogen (secondary N) is 2. The molecular formula is C12H13F2N3O. The second-order valence-corrected chi connectivity index (χ2v) is 3.98. The lowest BCUT2D eigenvalue weighted by Crippen LogP contribution is -2.20. The van der Waals surface area contributed by atoms with Gasteiger partial charge in [-0.3, -0.25) is 9.89 Å². The SMILES string of the molecule is CNCc1c(C)[nH]n(-c2ccc(F)c(F)c2)c1=O. The number of H-pyrrole nitrogens is 1. The van der Waals surface area contributed by atoms with Gasteiger partial charge in [0.2, 0.25) is 0 Å². The van der Waals surface area contributed by atoms with E-state index >= 15 is 0 Å². The van der Waals surface area contributed by atoms with Crippen LogP contribution in [0.3, 0.4) is 0 Å². The molecule has 0 spiro atoms. The monoisotopic (exact) mass is 253 g/mol. The fourth-order valence-electron chi connectivity index (χ4n) is 1.77. The maximum absolute atomic E-state index is 13.1. The van der Waals surface area contributed by atoms with E-state index in [1.54, 1.807) is 14.0 Å². The lowest BCUT2D eigenvalue weighted by Gasteiger charge is -2.01. The van der Waals surface area contributed by atoms with Crippen molar-refractivity contribution in [3.63, 3.8) is 0 Å². The molecule has 1 aromatic carbocycles. The standard InChI is InChI=1S/C12H13F2N3O/c1-7-9(6-15-2)12(18)17(16-7)8-3-4-10(13)11(14)5-8/h3-5,15-16H,6H2,1-2H3. The summed E-state index contributed by atoms with van der Waals surface area (Å²) in [6.45, 7) is 2.17. The van der Waals surface area contributed by atoms with E-state index in [9.17, 15) is 13.6 Å². The number of aryl methyl sites for hydroxylation is 1. The molecule has 2 aromatic rings. The molecule has 0 saturated heterocycles. The second kappa shape index (κ2) is 4.73. The molecule has 4 nitrogen and oxygen atoms in total. The van der Waals surface area contributed by atoms with Crippen molar-refractivity contribution in [2.24, 2.45) is 0 Å². The van der Waals surface area contributed by atoms with E-state index in [-0.39, 0.29) is 11.2 Å². The number of aromatic nitrogens is 2. The number of aromatic amines is 1. The molecule has 0 unspecified atom stereocenters. The molecule has 0 saturated carbocycles. The van der Waals surface area contributed by atoms with E-state index in [0.717, 1.165) is 12.1 Å². The van der Waals surface area contributed by atoms with Crippen molar-refractivity contribution in [2.45, 2.75) is 13.5 Å². The van der Waals surface area contributed by atoms with E-state index in [1.807, 2.05) is 0 Å². The minimum Gasteiger partial charge on any atom is -0.315 e. The van der Waals surface area contributed by atoms with Gasteiger partial charge in [-0.2, -0.15) is 0 Å². The summed E-state index contributed by atoms with van der Waals surface area (Å²) in [6.07, 6.45) is 0. The topological polar surface area (TPSA) is 49.8 Å². The number of nitrogens with zero attached hydrogens (tertiary/aromatic N) is 1. The summed E-state index contributed by atoms with van der Waals surface area (Å²) in [5, 5.41) is 5.72. The third-order valence-corrected chi connectivity index (χ3v) is 2.71. The van der Waals surface area contributed by atoms with E-state index in [4.69, 9.17) is 0 Å². The van der Waals surface area contributed by atoms with Crippen LogP contribution in [0, 0.1) is 18.6 Å². The Balaban J connectivity index is 2.54. The summed E-state index contributed by atoms with van der Waals surface area (Å²) >= 11 is 0. The molecular weight excluding hydrogens is 240 g/mol. The summed E-state index contributed by atoms with van der Waals surface area (Å²) in [6, 6.07) is 3.32. The third-order valence-electron chi connectivity index (χ3n) is 2.71. The first-order chi connectivity index (χ1) is 8.54. The van der Waals surface area contributed by atoms with Gasteiger partial charge in [0.1, 0.15) is 0 Å². The summed E-state index contributed by atoms with van der Waals surface area (Å²) in [4.78, 5) is 12.1. The molecule has 1 aromatic heterocycles. The molecule has 0 aliphatic rings. The van der Waals surface area contributed by atoms with Gasteiger partial charge in [-0.15, -0.1) is 0 Å². The highest BCUT2D eigenvalue weighted by Crippen LogP contribution is 2.12. The van der Waals surface area contributed by atoms with E-state index in [0.29, 0.717) is 17.8 Å². The summed E-state index contributed by atoms with van der Waals surface area (Å²) < 4.78 is 27.2. The fraction of sp³-hybridized carbons (Fsp3) is 0.250. The zero-order chi connectivity index (χ0) is 13.3. The predicted molar refractivity (Wildman–Crippen MR) is 63.8 cm³/mol. The fourth-order valence-corrected chi connectivity index (χ4v) is 1.77. The highest BCUT2D eigenvalue weighted by molar-refractivity contribution is 5.33. The number of hydrogen-bond donors (Lipinski definition) is 2. The van der Waals surface area contributed by atoms with Crippen LogP contribution in [0.2, 0.25) is 0 Å². The van der Waals surface area contributed by atoms with Crippen LogP contribution in [0.25, 0.3) is 5.69 Å². The highest BCUT2D eigenvalue weighted by Gasteiger charge is 2.12. The Morgan fingerprint density at radius 1 is 1.33 bits per heavy atom. The molecule has 2 N–H and O–H groups in total. The maximum atomic E-state index is 13.1. The van der Waals surface area contributed by atoms with E-state index in [2.05, 4.69) is 10.4 Å². The Labute approximate surface area is 102 Å².